The fraction of sp³-hybridized carbons (Fsp3) is 0.400. The Labute approximate surface area is 132 Å². The quantitative estimate of drug-likeness (QED) is 0.866. The lowest BCUT2D eigenvalue weighted by Gasteiger charge is -2.13. The second kappa shape index (κ2) is 5.60. The van der Waals surface area contributed by atoms with Gasteiger partial charge in [-0.3, -0.25) is 9.89 Å². The van der Waals surface area contributed by atoms with E-state index in [0.717, 1.165) is 21.3 Å². The average Bonchev–Trinajstić information content (AvgIpc) is 2.82. The molecule has 0 aliphatic rings. The van der Waals surface area contributed by atoms with Crippen LogP contribution in [0.3, 0.4) is 0 Å². The van der Waals surface area contributed by atoms with E-state index in [2.05, 4.69) is 36.4 Å². The number of halogens is 1. The van der Waals surface area contributed by atoms with Gasteiger partial charge in [0.15, 0.2) is 0 Å². The molecule has 0 radical (unpaired) electrons. The molecular formula is C15H19BrN4O. The van der Waals surface area contributed by atoms with Crippen molar-refractivity contribution in [2.24, 2.45) is 0 Å². The third-order valence-electron chi connectivity index (χ3n) is 3.13. The number of amides is 1. The molecule has 0 atom stereocenters. The molecule has 0 saturated heterocycles. The molecule has 2 rings (SSSR count). The summed E-state index contributed by atoms with van der Waals surface area (Å²) in [5, 5.41) is 9.70. The van der Waals surface area contributed by atoms with Gasteiger partial charge in [-0.2, -0.15) is 0 Å². The van der Waals surface area contributed by atoms with Crippen LogP contribution < -0.4 is 5.32 Å². The first-order valence-electron chi connectivity index (χ1n) is 6.69. The highest BCUT2D eigenvalue weighted by atomic mass is 79.9. The van der Waals surface area contributed by atoms with Gasteiger partial charge in [-0.15, -0.1) is 5.10 Å². The Balaban J connectivity index is 2.25. The van der Waals surface area contributed by atoms with E-state index in [1.807, 2.05) is 46.8 Å². The number of nitrogens with zero attached hydrogens (tertiary/aromatic N) is 2. The molecule has 1 amide bonds. The van der Waals surface area contributed by atoms with Gasteiger partial charge >= 0.3 is 0 Å². The Bertz CT molecular complexity index is 662. The fourth-order valence-corrected chi connectivity index (χ4v) is 2.66. The summed E-state index contributed by atoms with van der Waals surface area (Å²) in [5.74, 6) is 0.536. The first kappa shape index (κ1) is 15.7. The standard InChI is InChI=1S/C15H19BrN4O/c1-8-6-10(16)7-9(2)11(8)17-13(21)12-18-14(20-19-12)15(3,4)5/h6-7H,1-5H3,(H,17,21)(H,18,19,20). The van der Waals surface area contributed by atoms with E-state index in [9.17, 15) is 4.79 Å². The minimum Gasteiger partial charge on any atom is -0.319 e. The predicted octanol–water partition coefficient (Wildman–Crippen LogP) is 3.73. The summed E-state index contributed by atoms with van der Waals surface area (Å²) in [7, 11) is 0. The summed E-state index contributed by atoms with van der Waals surface area (Å²) in [6.07, 6.45) is 0. The maximum Gasteiger partial charge on any atom is 0.295 e. The van der Waals surface area contributed by atoms with Crippen LogP contribution in [-0.2, 0) is 5.41 Å². The Morgan fingerprint density at radius 1 is 1.24 bits per heavy atom. The minimum atomic E-state index is -0.310. The maximum absolute atomic E-state index is 12.3. The smallest absolute Gasteiger partial charge is 0.295 e. The summed E-state index contributed by atoms with van der Waals surface area (Å²) in [4.78, 5) is 16.5. The number of aromatic nitrogens is 3. The molecule has 21 heavy (non-hydrogen) atoms. The number of benzene rings is 1. The van der Waals surface area contributed by atoms with Crippen LogP contribution in [0.25, 0.3) is 0 Å². The molecule has 0 aliphatic carbocycles. The van der Waals surface area contributed by atoms with Crippen LogP contribution in [0.1, 0.15) is 48.3 Å². The summed E-state index contributed by atoms with van der Waals surface area (Å²) in [6, 6.07) is 3.92. The molecule has 0 aliphatic heterocycles. The molecular weight excluding hydrogens is 332 g/mol. The fourth-order valence-electron chi connectivity index (χ4n) is 1.98. The van der Waals surface area contributed by atoms with Crippen LogP contribution in [0.15, 0.2) is 16.6 Å². The molecule has 0 bridgehead atoms. The molecule has 1 aromatic carbocycles. The second-order valence-corrected chi connectivity index (χ2v) is 7.04. The Morgan fingerprint density at radius 2 is 1.81 bits per heavy atom. The first-order chi connectivity index (χ1) is 9.68. The van der Waals surface area contributed by atoms with Gasteiger partial charge in [-0.05, 0) is 37.1 Å². The molecule has 1 heterocycles. The van der Waals surface area contributed by atoms with Gasteiger partial charge in [0.1, 0.15) is 5.82 Å². The molecule has 0 saturated carbocycles. The highest BCUT2D eigenvalue weighted by Crippen LogP contribution is 2.25. The SMILES string of the molecule is Cc1cc(Br)cc(C)c1NC(=O)c1n[nH]c(C(C)(C)C)n1. The van der Waals surface area contributed by atoms with Crippen LogP contribution in [0.4, 0.5) is 5.69 Å². The number of anilines is 1. The van der Waals surface area contributed by atoms with Gasteiger partial charge in [0.05, 0.1) is 0 Å². The zero-order valence-corrected chi connectivity index (χ0v) is 14.4. The Hall–Kier alpha value is -1.69. The second-order valence-electron chi connectivity index (χ2n) is 6.13. The van der Waals surface area contributed by atoms with Crippen molar-refractivity contribution in [1.82, 2.24) is 15.2 Å². The van der Waals surface area contributed by atoms with E-state index < -0.39 is 0 Å². The van der Waals surface area contributed by atoms with E-state index in [1.165, 1.54) is 0 Å². The summed E-state index contributed by atoms with van der Waals surface area (Å²) in [5.41, 5.74) is 2.60. The van der Waals surface area contributed by atoms with Crippen LogP contribution in [-0.4, -0.2) is 21.1 Å². The average molecular weight is 351 g/mol. The van der Waals surface area contributed by atoms with E-state index in [-0.39, 0.29) is 17.1 Å². The van der Waals surface area contributed by atoms with Crippen molar-refractivity contribution in [3.63, 3.8) is 0 Å². The van der Waals surface area contributed by atoms with Crippen molar-refractivity contribution in [3.8, 4) is 0 Å². The predicted molar refractivity (Wildman–Crippen MR) is 86.7 cm³/mol. The number of hydrogen-bond donors (Lipinski definition) is 2. The van der Waals surface area contributed by atoms with Crippen molar-refractivity contribution in [2.75, 3.05) is 5.32 Å². The summed E-state index contributed by atoms with van der Waals surface area (Å²) in [6.45, 7) is 9.94. The van der Waals surface area contributed by atoms with E-state index >= 15 is 0 Å². The highest BCUT2D eigenvalue weighted by molar-refractivity contribution is 9.10. The van der Waals surface area contributed by atoms with Gasteiger partial charge < -0.3 is 5.32 Å². The van der Waals surface area contributed by atoms with Gasteiger partial charge in [0, 0.05) is 15.6 Å². The summed E-state index contributed by atoms with van der Waals surface area (Å²) < 4.78 is 0.989. The third kappa shape index (κ3) is 3.50. The van der Waals surface area contributed by atoms with Crippen LogP contribution >= 0.6 is 15.9 Å². The molecule has 112 valence electrons. The van der Waals surface area contributed by atoms with Crippen LogP contribution in [0, 0.1) is 13.8 Å². The topological polar surface area (TPSA) is 70.7 Å². The van der Waals surface area contributed by atoms with Gasteiger partial charge in [-0.25, -0.2) is 4.98 Å². The lowest BCUT2D eigenvalue weighted by molar-refractivity contribution is 0.101. The maximum atomic E-state index is 12.3. The van der Waals surface area contributed by atoms with Gasteiger partial charge in [0.25, 0.3) is 5.91 Å². The molecule has 2 aromatic rings. The molecule has 0 spiro atoms. The monoisotopic (exact) mass is 350 g/mol. The molecule has 0 fully saturated rings. The van der Waals surface area contributed by atoms with Crippen molar-refractivity contribution < 1.29 is 4.79 Å². The molecule has 5 nitrogen and oxygen atoms in total. The number of H-pyrrole nitrogens is 1. The number of carbonyl (C=O) groups excluding carboxylic acids is 1. The number of carbonyl (C=O) groups is 1. The van der Waals surface area contributed by atoms with Crippen molar-refractivity contribution >= 4 is 27.5 Å². The zero-order chi connectivity index (χ0) is 15.8. The normalized spacial score (nSPS) is 11.5. The highest BCUT2D eigenvalue weighted by Gasteiger charge is 2.21. The van der Waals surface area contributed by atoms with Crippen LogP contribution in [0.2, 0.25) is 0 Å². The number of nitrogens with one attached hydrogen (secondary N) is 2. The van der Waals surface area contributed by atoms with Crippen LogP contribution in [0.5, 0.6) is 0 Å². The van der Waals surface area contributed by atoms with Crippen molar-refractivity contribution in [3.05, 3.63) is 39.4 Å². The van der Waals surface area contributed by atoms with Crippen molar-refractivity contribution in [1.29, 1.82) is 0 Å². The number of rotatable bonds is 2. The van der Waals surface area contributed by atoms with Gasteiger partial charge in [-0.1, -0.05) is 36.7 Å². The lowest BCUT2D eigenvalue weighted by atomic mass is 9.96. The summed E-state index contributed by atoms with van der Waals surface area (Å²) >= 11 is 3.44. The number of hydrogen-bond acceptors (Lipinski definition) is 3. The molecule has 6 heteroatoms. The Kier molecular flexibility index (Phi) is 4.18. The minimum absolute atomic E-state index is 0.154. The Morgan fingerprint density at radius 3 is 2.29 bits per heavy atom. The van der Waals surface area contributed by atoms with E-state index in [4.69, 9.17) is 0 Å². The number of aryl methyl sites for hydroxylation is 2. The number of aromatic amines is 1. The van der Waals surface area contributed by atoms with Gasteiger partial charge in [0.2, 0.25) is 5.82 Å². The van der Waals surface area contributed by atoms with E-state index in [0.29, 0.717) is 5.82 Å². The van der Waals surface area contributed by atoms with Crippen molar-refractivity contribution in [2.45, 2.75) is 40.0 Å². The largest absolute Gasteiger partial charge is 0.319 e. The van der Waals surface area contributed by atoms with E-state index in [1.54, 1.807) is 0 Å². The molecule has 0 unspecified atom stereocenters. The molecule has 1 aromatic heterocycles. The third-order valence-corrected chi connectivity index (χ3v) is 3.59. The lowest BCUT2D eigenvalue weighted by Crippen LogP contribution is -2.17. The zero-order valence-electron chi connectivity index (χ0n) is 12.8. The first-order valence-corrected chi connectivity index (χ1v) is 7.49. The molecule has 2 N–H and O–H groups in total.